The van der Waals surface area contributed by atoms with Crippen LogP contribution < -0.4 is 10.1 Å². The summed E-state index contributed by atoms with van der Waals surface area (Å²) in [5, 5.41) is 11.8. The molecule has 3 nitrogen and oxygen atoms in total. The molecule has 0 aliphatic carbocycles. The first-order chi connectivity index (χ1) is 10.1. The zero-order valence-electron chi connectivity index (χ0n) is 11.1. The molecule has 0 saturated heterocycles. The molecule has 0 saturated carbocycles. The van der Waals surface area contributed by atoms with Gasteiger partial charge in [-0.25, -0.2) is 8.78 Å². The number of ether oxygens (including phenoxy) is 1. The predicted octanol–water partition coefficient (Wildman–Crippen LogP) is 4.11. The molecule has 0 unspecified atom stereocenters. The van der Waals surface area contributed by atoms with Crippen LogP contribution in [0.4, 0.5) is 14.5 Å². The van der Waals surface area contributed by atoms with E-state index in [1.54, 1.807) is 24.3 Å². The molecule has 0 aliphatic heterocycles. The number of methoxy groups -OCH3 is 1. The molecule has 0 amide bonds. The SMILES string of the molecule is COc1cccc(Cl)c1CNc1ccc(C#N)c(F)c1F. The normalized spacial score (nSPS) is 10.0. The number of nitrogens with one attached hydrogen (secondary N) is 1. The fourth-order valence-corrected chi connectivity index (χ4v) is 2.09. The Labute approximate surface area is 125 Å². The Morgan fingerprint density at radius 3 is 2.67 bits per heavy atom. The van der Waals surface area contributed by atoms with Crippen molar-refractivity contribution in [1.29, 1.82) is 5.26 Å². The van der Waals surface area contributed by atoms with Gasteiger partial charge in [0, 0.05) is 17.1 Å². The molecule has 0 radical (unpaired) electrons. The van der Waals surface area contributed by atoms with Gasteiger partial charge < -0.3 is 10.1 Å². The van der Waals surface area contributed by atoms with E-state index >= 15 is 0 Å². The molecule has 2 aromatic carbocycles. The smallest absolute Gasteiger partial charge is 0.183 e. The molecular formula is C15H11ClF2N2O. The second-order valence-electron chi connectivity index (χ2n) is 4.17. The molecule has 0 heterocycles. The van der Waals surface area contributed by atoms with Crippen molar-refractivity contribution in [2.24, 2.45) is 0 Å². The van der Waals surface area contributed by atoms with E-state index in [2.05, 4.69) is 5.32 Å². The van der Waals surface area contributed by atoms with E-state index in [-0.39, 0.29) is 17.8 Å². The molecule has 6 heteroatoms. The highest BCUT2D eigenvalue weighted by molar-refractivity contribution is 6.31. The maximum absolute atomic E-state index is 13.8. The van der Waals surface area contributed by atoms with Crippen molar-refractivity contribution in [2.75, 3.05) is 12.4 Å². The van der Waals surface area contributed by atoms with Gasteiger partial charge in [-0.2, -0.15) is 5.26 Å². The van der Waals surface area contributed by atoms with Crippen molar-refractivity contribution in [1.82, 2.24) is 0 Å². The molecule has 2 rings (SSSR count). The number of anilines is 1. The number of nitriles is 1. The summed E-state index contributed by atoms with van der Waals surface area (Å²) in [6, 6.07) is 9.23. The lowest BCUT2D eigenvalue weighted by Crippen LogP contribution is -2.05. The van der Waals surface area contributed by atoms with E-state index in [4.69, 9.17) is 21.6 Å². The maximum atomic E-state index is 13.8. The lowest BCUT2D eigenvalue weighted by Gasteiger charge is -2.13. The van der Waals surface area contributed by atoms with Gasteiger partial charge in [0.25, 0.3) is 0 Å². The van der Waals surface area contributed by atoms with Crippen LogP contribution in [0.3, 0.4) is 0 Å². The van der Waals surface area contributed by atoms with Crippen LogP contribution in [0.1, 0.15) is 11.1 Å². The summed E-state index contributed by atoms with van der Waals surface area (Å²) in [5.41, 5.74) is 0.243. The largest absolute Gasteiger partial charge is 0.496 e. The summed E-state index contributed by atoms with van der Waals surface area (Å²) in [6.07, 6.45) is 0. The van der Waals surface area contributed by atoms with Crippen LogP contribution in [0.15, 0.2) is 30.3 Å². The standard InChI is InChI=1S/C15H11ClF2N2O/c1-21-13-4-2-3-11(16)10(13)8-20-12-6-5-9(7-19)14(17)15(12)18/h2-6,20H,8H2,1H3. The van der Waals surface area contributed by atoms with E-state index in [1.807, 2.05) is 0 Å². The Balaban J connectivity index is 2.26. The van der Waals surface area contributed by atoms with E-state index in [0.29, 0.717) is 16.3 Å². The molecule has 0 aromatic heterocycles. The molecule has 0 bridgehead atoms. The van der Waals surface area contributed by atoms with Crippen LogP contribution in [0, 0.1) is 23.0 Å². The summed E-state index contributed by atoms with van der Waals surface area (Å²) in [7, 11) is 1.50. The third-order valence-electron chi connectivity index (χ3n) is 2.95. The first-order valence-electron chi connectivity index (χ1n) is 6.01. The Morgan fingerprint density at radius 2 is 2.00 bits per heavy atom. The molecule has 21 heavy (non-hydrogen) atoms. The molecule has 0 aliphatic rings. The van der Waals surface area contributed by atoms with Crippen LogP contribution in [-0.2, 0) is 6.54 Å². The van der Waals surface area contributed by atoms with Gasteiger partial charge >= 0.3 is 0 Å². The Morgan fingerprint density at radius 1 is 1.24 bits per heavy atom. The highest BCUT2D eigenvalue weighted by Gasteiger charge is 2.14. The second kappa shape index (κ2) is 6.42. The zero-order valence-corrected chi connectivity index (χ0v) is 11.8. The van der Waals surface area contributed by atoms with Crippen LogP contribution >= 0.6 is 11.6 Å². The predicted molar refractivity (Wildman–Crippen MR) is 76.4 cm³/mol. The number of benzene rings is 2. The van der Waals surface area contributed by atoms with Crippen LogP contribution in [0.2, 0.25) is 5.02 Å². The highest BCUT2D eigenvalue weighted by atomic mass is 35.5. The average Bonchev–Trinajstić information content (AvgIpc) is 2.49. The number of halogens is 3. The third kappa shape index (κ3) is 3.06. The lowest BCUT2D eigenvalue weighted by atomic mass is 10.1. The van der Waals surface area contributed by atoms with Crippen LogP contribution in [0.25, 0.3) is 0 Å². The summed E-state index contributed by atoms with van der Waals surface area (Å²) < 4.78 is 32.5. The molecule has 2 aromatic rings. The maximum Gasteiger partial charge on any atom is 0.183 e. The summed E-state index contributed by atoms with van der Waals surface area (Å²) >= 11 is 6.06. The van der Waals surface area contributed by atoms with Crippen LogP contribution in [-0.4, -0.2) is 7.11 Å². The summed E-state index contributed by atoms with van der Waals surface area (Å²) in [4.78, 5) is 0. The minimum atomic E-state index is -1.17. The van der Waals surface area contributed by atoms with E-state index < -0.39 is 11.6 Å². The van der Waals surface area contributed by atoms with Crippen LogP contribution in [0.5, 0.6) is 5.75 Å². The summed E-state index contributed by atoms with van der Waals surface area (Å²) in [6.45, 7) is 0.158. The highest BCUT2D eigenvalue weighted by Crippen LogP contribution is 2.28. The van der Waals surface area contributed by atoms with Crippen molar-refractivity contribution >= 4 is 17.3 Å². The Kier molecular flexibility index (Phi) is 4.61. The van der Waals surface area contributed by atoms with E-state index in [1.165, 1.54) is 19.2 Å². The molecule has 1 N–H and O–H groups in total. The Hall–Kier alpha value is -2.32. The second-order valence-corrected chi connectivity index (χ2v) is 4.58. The topological polar surface area (TPSA) is 45.0 Å². The van der Waals surface area contributed by atoms with Gasteiger partial charge in [0.05, 0.1) is 18.4 Å². The molecule has 0 fully saturated rings. The van der Waals surface area contributed by atoms with Gasteiger partial charge in [-0.05, 0) is 24.3 Å². The number of hydrogen-bond donors (Lipinski definition) is 1. The monoisotopic (exact) mass is 308 g/mol. The lowest BCUT2D eigenvalue weighted by molar-refractivity contribution is 0.410. The van der Waals surface area contributed by atoms with Gasteiger partial charge in [0.2, 0.25) is 0 Å². The first-order valence-corrected chi connectivity index (χ1v) is 6.39. The minimum absolute atomic E-state index is 0.0477. The van der Waals surface area contributed by atoms with Gasteiger partial charge in [-0.3, -0.25) is 0 Å². The van der Waals surface area contributed by atoms with E-state index in [9.17, 15) is 8.78 Å². The number of hydrogen-bond acceptors (Lipinski definition) is 3. The van der Waals surface area contributed by atoms with Crippen molar-refractivity contribution < 1.29 is 13.5 Å². The number of rotatable bonds is 4. The zero-order chi connectivity index (χ0) is 15.4. The summed E-state index contributed by atoms with van der Waals surface area (Å²) in [5.74, 6) is -1.72. The first kappa shape index (κ1) is 15.1. The molecular weight excluding hydrogens is 298 g/mol. The van der Waals surface area contributed by atoms with Crippen molar-refractivity contribution in [3.05, 3.63) is 58.1 Å². The molecule has 108 valence electrons. The average molecular weight is 309 g/mol. The third-order valence-corrected chi connectivity index (χ3v) is 3.31. The van der Waals surface area contributed by atoms with Crippen molar-refractivity contribution in [3.8, 4) is 11.8 Å². The van der Waals surface area contributed by atoms with Crippen molar-refractivity contribution in [3.63, 3.8) is 0 Å². The number of nitrogens with zero attached hydrogens (tertiary/aromatic N) is 1. The van der Waals surface area contributed by atoms with Gasteiger partial charge in [-0.1, -0.05) is 17.7 Å². The fourth-order valence-electron chi connectivity index (χ4n) is 1.86. The fraction of sp³-hybridized carbons (Fsp3) is 0.133. The van der Waals surface area contributed by atoms with Gasteiger partial charge in [0.15, 0.2) is 11.6 Å². The van der Waals surface area contributed by atoms with Gasteiger partial charge in [0.1, 0.15) is 11.8 Å². The quantitative estimate of drug-likeness (QED) is 0.924. The minimum Gasteiger partial charge on any atom is -0.496 e. The van der Waals surface area contributed by atoms with E-state index in [0.717, 1.165) is 0 Å². The molecule has 0 spiro atoms. The molecule has 0 atom stereocenters. The van der Waals surface area contributed by atoms with Crippen molar-refractivity contribution in [2.45, 2.75) is 6.54 Å². The Bertz CT molecular complexity index is 714. The van der Waals surface area contributed by atoms with Gasteiger partial charge in [-0.15, -0.1) is 0 Å².